The number of aryl methyl sites for hydroxylation is 2. The van der Waals surface area contributed by atoms with Crippen LogP contribution in [0.5, 0.6) is 5.75 Å². The molecule has 0 aliphatic heterocycles. The first-order valence-corrected chi connectivity index (χ1v) is 9.77. The fourth-order valence-corrected chi connectivity index (χ4v) is 3.16. The predicted molar refractivity (Wildman–Crippen MR) is 115 cm³/mol. The molecule has 0 atom stereocenters. The maximum atomic E-state index is 13.2. The van der Waals surface area contributed by atoms with Crippen LogP contribution in [0.2, 0.25) is 0 Å². The zero-order chi connectivity index (χ0) is 22.4. The van der Waals surface area contributed by atoms with E-state index in [4.69, 9.17) is 4.84 Å². The van der Waals surface area contributed by atoms with Gasteiger partial charge < -0.3 is 9.74 Å². The average molecular weight is 411 g/mol. The van der Waals surface area contributed by atoms with Crippen molar-refractivity contribution in [3.8, 4) is 5.75 Å². The van der Waals surface area contributed by atoms with Gasteiger partial charge in [-0.25, -0.2) is 5.48 Å². The van der Waals surface area contributed by atoms with Gasteiger partial charge in [0, 0.05) is 12.0 Å². The highest BCUT2D eigenvalue weighted by atomic mass is 19.4. The van der Waals surface area contributed by atoms with Crippen molar-refractivity contribution in [3.63, 3.8) is 0 Å². The SMILES string of the molecule is CC.Cc1ccc(ONc2cc(C(F)(F)F)ccc2C(C)(C)CN(C)C)cc1C. The minimum atomic E-state index is -4.42. The molecule has 3 nitrogen and oxygen atoms in total. The summed E-state index contributed by atoms with van der Waals surface area (Å²) >= 11 is 0. The van der Waals surface area contributed by atoms with Gasteiger partial charge in [-0.2, -0.15) is 13.2 Å². The second-order valence-corrected chi connectivity index (χ2v) is 7.83. The normalized spacial score (nSPS) is 11.7. The molecule has 0 bridgehead atoms. The number of likely N-dealkylation sites (N-methyl/N-ethyl adjacent to an activating group) is 1. The minimum Gasteiger partial charge on any atom is -0.382 e. The van der Waals surface area contributed by atoms with Gasteiger partial charge in [0.15, 0.2) is 5.75 Å². The molecular formula is C23H33F3N2O. The lowest BCUT2D eigenvalue weighted by Gasteiger charge is -2.31. The fourth-order valence-electron chi connectivity index (χ4n) is 3.16. The summed E-state index contributed by atoms with van der Waals surface area (Å²) in [4.78, 5) is 7.61. The molecule has 29 heavy (non-hydrogen) atoms. The van der Waals surface area contributed by atoms with Crippen molar-refractivity contribution >= 4 is 5.69 Å². The van der Waals surface area contributed by atoms with E-state index >= 15 is 0 Å². The minimum absolute atomic E-state index is 0.315. The highest BCUT2D eigenvalue weighted by Crippen LogP contribution is 2.37. The molecule has 0 radical (unpaired) electrons. The largest absolute Gasteiger partial charge is 0.416 e. The number of nitrogens with zero attached hydrogens (tertiary/aromatic N) is 1. The van der Waals surface area contributed by atoms with Crippen molar-refractivity contribution in [2.75, 3.05) is 26.1 Å². The molecule has 162 valence electrons. The van der Waals surface area contributed by atoms with Gasteiger partial charge in [-0.15, -0.1) is 0 Å². The van der Waals surface area contributed by atoms with Crippen molar-refractivity contribution in [3.05, 3.63) is 58.7 Å². The maximum absolute atomic E-state index is 13.2. The molecule has 0 spiro atoms. The van der Waals surface area contributed by atoms with Crippen molar-refractivity contribution in [2.24, 2.45) is 0 Å². The molecule has 0 fully saturated rings. The van der Waals surface area contributed by atoms with Gasteiger partial charge in [0.25, 0.3) is 0 Å². The number of anilines is 1. The van der Waals surface area contributed by atoms with Crippen molar-refractivity contribution in [1.29, 1.82) is 0 Å². The summed E-state index contributed by atoms with van der Waals surface area (Å²) in [7, 11) is 3.87. The maximum Gasteiger partial charge on any atom is 0.416 e. The third-order valence-corrected chi connectivity index (χ3v) is 4.54. The van der Waals surface area contributed by atoms with Gasteiger partial charge in [0.05, 0.1) is 11.3 Å². The number of nitrogens with one attached hydrogen (secondary N) is 1. The summed E-state index contributed by atoms with van der Waals surface area (Å²) in [6.07, 6.45) is -4.42. The number of benzene rings is 2. The Morgan fingerprint density at radius 2 is 1.55 bits per heavy atom. The van der Waals surface area contributed by atoms with Crippen molar-refractivity contribution in [1.82, 2.24) is 4.90 Å². The monoisotopic (exact) mass is 410 g/mol. The highest BCUT2D eigenvalue weighted by molar-refractivity contribution is 5.56. The Balaban J connectivity index is 0.00000204. The van der Waals surface area contributed by atoms with Crippen LogP contribution in [-0.4, -0.2) is 25.5 Å². The van der Waals surface area contributed by atoms with E-state index in [0.29, 0.717) is 18.0 Å². The lowest BCUT2D eigenvalue weighted by atomic mass is 9.82. The van der Waals surface area contributed by atoms with E-state index in [-0.39, 0.29) is 5.41 Å². The van der Waals surface area contributed by atoms with Crippen LogP contribution in [0, 0.1) is 13.8 Å². The molecule has 0 saturated heterocycles. The van der Waals surface area contributed by atoms with Crippen LogP contribution in [0.4, 0.5) is 18.9 Å². The third-order valence-electron chi connectivity index (χ3n) is 4.54. The Morgan fingerprint density at radius 3 is 2.07 bits per heavy atom. The molecule has 6 heteroatoms. The van der Waals surface area contributed by atoms with Crippen molar-refractivity contribution < 1.29 is 18.0 Å². The van der Waals surface area contributed by atoms with Gasteiger partial charge in [0.2, 0.25) is 0 Å². The summed E-state index contributed by atoms with van der Waals surface area (Å²) in [5.41, 5.74) is 4.91. The number of rotatable bonds is 6. The third kappa shape index (κ3) is 6.96. The molecule has 0 unspecified atom stereocenters. The Morgan fingerprint density at radius 1 is 0.931 bits per heavy atom. The molecule has 0 amide bonds. The quantitative estimate of drug-likeness (QED) is 0.544. The standard InChI is InChI=1S/C21H27F3N2O.C2H6/c1-14-7-9-17(11-15(14)2)27-25-19-12-16(21(22,23)24)8-10-18(19)20(3,4)13-26(5)6;1-2/h7-12,25H,13H2,1-6H3;1-2H3. The summed E-state index contributed by atoms with van der Waals surface area (Å²) < 4.78 is 39.6. The molecule has 0 aromatic heterocycles. The molecule has 0 heterocycles. The number of hydrogen-bond acceptors (Lipinski definition) is 3. The average Bonchev–Trinajstić information content (AvgIpc) is 2.62. The molecule has 0 saturated carbocycles. The van der Waals surface area contributed by atoms with Crippen LogP contribution in [-0.2, 0) is 11.6 Å². The van der Waals surface area contributed by atoms with Gasteiger partial charge in [-0.3, -0.25) is 0 Å². The molecule has 2 rings (SSSR count). The second kappa shape index (κ2) is 10.0. The number of alkyl halides is 3. The molecule has 0 aliphatic rings. The smallest absolute Gasteiger partial charge is 0.382 e. The van der Waals surface area contributed by atoms with Crippen LogP contribution < -0.4 is 10.3 Å². The Hall–Kier alpha value is -2.21. The van der Waals surface area contributed by atoms with E-state index < -0.39 is 11.7 Å². The first-order chi connectivity index (χ1) is 13.4. The van der Waals surface area contributed by atoms with E-state index in [1.54, 1.807) is 6.07 Å². The summed E-state index contributed by atoms with van der Waals surface area (Å²) in [6, 6.07) is 9.30. The van der Waals surface area contributed by atoms with Crippen LogP contribution in [0.25, 0.3) is 0 Å². The zero-order valence-corrected chi connectivity index (χ0v) is 18.7. The van der Waals surface area contributed by atoms with Crippen LogP contribution in [0.15, 0.2) is 36.4 Å². The topological polar surface area (TPSA) is 24.5 Å². The summed E-state index contributed by atoms with van der Waals surface area (Å²) in [5, 5.41) is 0. The summed E-state index contributed by atoms with van der Waals surface area (Å²) in [6.45, 7) is 12.6. The molecule has 1 N–H and O–H groups in total. The number of halogens is 3. The molecular weight excluding hydrogens is 377 g/mol. The van der Waals surface area contributed by atoms with Crippen LogP contribution in [0.3, 0.4) is 0 Å². The first-order valence-electron chi connectivity index (χ1n) is 9.77. The molecule has 2 aromatic rings. The lowest BCUT2D eigenvalue weighted by molar-refractivity contribution is -0.137. The predicted octanol–water partition coefficient (Wildman–Crippen LogP) is 6.59. The number of hydrogen-bond donors (Lipinski definition) is 1. The molecule has 2 aromatic carbocycles. The van der Waals surface area contributed by atoms with Gasteiger partial charge in [-0.05, 0) is 68.9 Å². The van der Waals surface area contributed by atoms with Crippen LogP contribution in [0.1, 0.15) is 49.9 Å². The van der Waals surface area contributed by atoms with E-state index in [1.807, 2.05) is 72.7 Å². The highest BCUT2D eigenvalue weighted by Gasteiger charge is 2.33. The van der Waals surface area contributed by atoms with E-state index in [1.165, 1.54) is 6.07 Å². The summed E-state index contributed by atoms with van der Waals surface area (Å²) in [5.74, 6) is 0.548. The molecule has 0 aliphatic carbocycles. The zero-order valence-electron chi connectivity index (χ0n) is 18.7. The van der Waals surface area contributed by atoms with E-state index in [2.05, 4.69) is 5.48 Å². The van der Waals surface area contributed by atoms with Gasteiger partial charge in [0.1, 0.15) is 0 Å². The van der Waals surface area contributed by atoms with Crippen LogP contribution >= 0.6 is 0 Å². The van der Waals surface area contributed by atoms with E-state index in [0.717, 1.165) is 28.8 Å². The second-order valence-electron chi connectivity index (χ2n) is 7.83. The first kappa shape index (κ1) is 24.8. The Labute approximate surface area is 172 Å². The Bertz CT molecular complexity index is 799. The van der Waals surface area contributed by atoms with Gasteiger partial charge >= 0.3 is 6.18 Å². The Kier molecular flexibility index (Phi) is 8.57. The van der Waals surface area contributed by atoms with Crippen molar-refractivity contribution in [2.45, 2.75) is 53.1 Å². The fraction of sp³-hybridized carbons (Fsp3) is 0.478. The van der Waals surface area contributed by atoms with E-state index in [9.17, 15) is 13.2 Å². The lowest BCUT2D eigenvalue weighted by Crippen LogP contribution is -2.33. The van der Waals surface area contributed by atoms with Gasteiger partial charge in [-0.1, -0.05) is 39.8 Å².